The van der Waals surface area contributed by atoms with Gasteiger partial charge in [-0.2, -0.15) is 5.10 Å². The lowest BCUT2D eigenvalue weighted by Crippen LogP contribution is -2.48. The van der Waals surface area contributed by atoms with Crippen molar-refractivity contribution >= 4 is 23.4 Å². The van der Waals surface area contributed by atoms with Gasteiger partial charge < -0.3 is 5.32 Å². The molecule has 3 rings (SSSR count). The summed E-state index contributed by atoms with van der Waals surface area (Å²) in [5.74, 6) is 0. The Hall–Kier alpha value is -1.17. The van der Waals surface area contributed by atoms with Gasteiger partial charge in [0.25, 0.3) is 0 Å². The number of halogens is 1. The van der Waals surface area contributed by atoms with E-state index in [1.54, 1.807) is 0 Å². The van der Waals surface area contributed by atoms with Crippen LogP contribution in [0.5, 0.6) is 0 Å². The van der Waals surface area contributed by atoms with Crippen LogP contribution in [0.15, 0.2) is 12.3 Å². The standard InChI is InChI=1S/C14H21N5.ClH/c1-10-8-19(5-4-15-10)9-12-6-13-11(2)17-18(3)14(13)16-7-12;/h6-7,10,15H,4-5,8-9H2,1-3H3;1H/t10-;/m0./s1. The van der Waals surface area contributed by atoms with E-state index >= 15 is 0 Å². The molecule has 1 aliphatic heterocycles. The minimum Gasteiger partial charge on any atom is -0.312 e. The van der Waals surface area contributed by atoms with E-state index in [2.05, 4.69) is 33.3 Å². The highest BCUT2D eigenvalue weighted by Gasteiger charge is 2.16. The number of aromatic nitrogens is 3. The molecule has 0 spiro atoms. The number of piperazine rings is 1. The van der Waals surface area contributed by atoms with Crippen molar-refractivity contribution in [1.82, 2.24) is 25.0 Å². The van der Waals surface area contributed by atoms with Gasteiger partial charge in [-0.1, -0.05) is 0 Å². The highest BCUT2D eigenvalue weighted by atomic mass is 35.5. The SMILES string of the molecule is Cc1nn(C)c2ncc(CN3CCN[C@@H](C)C3)cc12.Cl. The van der Waals surface area contributed by atoms with Crippen LogP contribution in [0.4, 0.5) is 0 Å². The summed E-state index contributed by atoms with van der Waals surface area (Å²) >= 11 is 0. The monoisotopic (exact) mass is 295 g/mol. The Morgan fingerprint density at radius 2 is 2.25 bits per heavy atom. The molecule has 1 saturated heterocycles. The zero-order chi connectivity index (χ0) is 13.4. The van der Waals surface area contributed by atoms with Gasteiger partial charge in [-0.15, -0.1) is 12.4 Å². The quantitative estimate of drug-likeness (QED) is 0.912. The Labute approximate surface area is 125 Å². The predicted octanol–water partition coefficient (Wildman–Crippen LogP) is 1.49. The first-order valence-corrected chi connectivity index (χ1v) is 6.87. The van der Waals surface area contributed by atoms with E-state index in [1.807, 2.05) is 24.9 Å². The van der Waals surface area contributed by atoms with Crippen LogP contribution in [0, 0.1) is 6.92 Å². The summed E-state index contributed by atoms with van der Waals surface area (Å²) in [6.07, 6.45) is 1.98. The molecular formula is C14H22ClN5. The summed E-state index contributed by atoms with van der Waals surface area (Å²) in [6, 6.07) is 2.81. The molecule has 1 fully saturated rings. The lowest BCUT2D eigenvalue weighted by molar-refractivity contribution is 0.199. The van der Waals surface area contributed by atoms with Crippen LogP contribution in [0.3, 0.4) is 0 Å². The lowest BCUT2D eigenvalue weighted by Gasteiger charge is -2.31. The lowest BCUT2D eigenvalue weighted by atomic mass is 10.1. The molecule has 0 unspecified atom stereocenters. The van der Waals surface area contributed by atoms with Crippen molar-refractivity contribution in [2.75, 3.05) is 19.6 Å². The van der Waals surface area contributed by atoms with E-state index in [4.69, 9.17) is 0 Å². The average Bonchev–Trinajstić information content (AvgIpc) is 2.65. The summed E-state index contributed by atoms with van der Waals surface area (Å²) in [7, 11) is 1.94. The second-order valence-corrected chi connectivity index (χ2v) is 5.51. The van der Waals surface area contributed by atoms with Gasteiger partial charge in [0.15, 0.2) is 5.65 Å². The van der Waals surface area contributed by atoms with Gasteiger partial charge >= 0.3 is 0 Å². The first-order chi connectivity index (χ1) is 9.13. The van der Waals surface area contributed by atoms with Gasteiger partial charge in [0.05, 0.1) is 5.69 Å². The second kappa shape index (κ2) is 6.08. The zero-order valence-corrected chi connectivity index (χ0v) is 13.1. The molecule has 2 aromatic heterocycles. The first-order valence-electron chi connectivity index (χ1n) is 6.87. The molecule has 6 heteroatoms. The van der Waals surface area contributed by atoms with Crippen molar-refractivity contribution in [3.8, 4) is 0 Å². The predicted molar refractivity (Wildman–Crippen MR) is 83.2 cm³/mol. The zero-order valence-electron chi connectivity index (χ0n) is 12.3. The Morgan fingerprint density at radius 3 is 3.00 bits per heavy atom. The summed E-state index contributed by atoms with van der Waals surface area (Å²) in [6.45, 7) is 8.53. The number of fused-ring (bicyclic) bond motifs is 1. The van der Waals surface area contributed by atoms with Gasteiger partial charge in [0, 0.05) is 50.9 Å². The van der Waals surface area contributed by atoms with Crippen LogP contribution in [0.1, 0.15) is 18.2 Å². The number of aryl methyl sites for hydroxylation is 2. The maximum atomic E-state index is 4.54. The van der Waals surface area contributed by atoms with Crippen molar-refractivity contribution in [2.24, 2.45) is 7.05 Å². The Kier molecular flexibility index (Phi) is 4.62. The summed E-state index contributed by atoms with van der Waals surface area (Å²) in [5.41, 5.74) is 3.30. The highest BCUT2D eigenvalue weighted by Crippen LogP contribution is 2.17. The van der Waals surface area contributed by atoms with Crippen molar-refractivity contribution in [2.45, 2.75) is 26.4 Å². The molecule has 20 heavy (non-hydrogen) atoms. The maximum absolute atomic E-state index is 4.54. The number of hydrogen-bond acceptors (Lipinski definition) is 4. The normalized spacial score (nSPS) is 20.1. The van der Waals surface area contributed by atoms with Crippen LogP contribution in [-0.2, 0) is 13.6 Å². The Bertz CT molecular complexity index is 595. The molecule has 110 valence electrons. The summed E-state index contributed by atoms with van der Waals surface area (Å²) < 4.78 is 1.85. The van der Waals surface area contributed by atoms with Crippen LogP contribution < -0.4 is 5.32 Å². The molecule has 0 radical (unpaired) electrons. The number of nitrogens with one attached hydrogen (secondary N) is 1. The molecule has 0 aliphatic carbocycles. The summed E-state index contributed by atoms with van der Waals surface area (Å²) in [5, 5.41) is 9.06. The van der Waals surface area contributed by atoms with Gasteiger partial charge in [-0.25, -0.2) is 4.98 Å². The van der Waals surface area contributed by atoms with Crippen LogP contribution >= 0.6 is 12.4 Å². The van der Waals surface area contributed by atoms with Gasteiger partial charge in [0.1, 0.15) is 0 Å². The Balaban J connectivity index is 0.00000147. The number of nitrogens with zero attached hydrogens (tertiary/aromatic N) is 4. The molecule has 1 atom stereocenters. The highest BCUT2D eigenvalue weighted by molar-refractivity contribution is 5.85. The molecular weight excluding hydrogens is 274 g/mol. The van der Waals surface area contributed by atoms with E-state index < -0.39 is 0 Å². The third-order valence-electron chi connectivity index (χ3n) is 3.78. The number of hydrogen-bond donors (Lipinski definition) is 1. The van der Waals surface area contributed by atoms with E-state index in [-0.39, 0.29) is 12.4 Å². The minimum atomic E-state index is 0. The first kappa shape index (κ1) is 15.2. The van der Waals surface area contributed by atoms with Crippen molar-refractivity contribution < 1.29 is 0 Å². The molecule has 0 aromatic carbocycles. The fraction of sp³-hybridized carbons (Fsp3) is 0.571. The van der Waals surface area contributed by atoms with Crippen LogP contribution in [0.2, 0.25) is 0 Å². The number of rotatable bonds is 2. The molecule has 2 aromatic rings. The van der Waals surface area contributed by atoms with Crippen LogP contribution in [-0.4, -0.2) is 45.3 Å². The van der Waals surface area contributed by atoms with Crippen molar-refractivity contribution in [3.05, 3.63) is 23.5 Å². The minimum absolute atomic E-state index is 0. The maximum Gasteiger partial charge on any atom is 0.157 e. The molecule has 0 bridgehead atoms. The molecule has 3 heterocycles. The topological polar surface area (TPSA) is 46.0 Å². The largest absolute Gasteiger partial charge is 0.312 e. The second-order valence-electron chi connectivity index (χ2n) is 5.51. The van der Waals surface area contributed by atoms with Crippen LogP contribution in [0.25, 0.3) is 11.0 Å². The third-order valence-corrected chi connectivity index (χ3v) is 3.78. The molecule has 0 saturated carbocycles. The third kappa shape index (κ3) is 2.95. The molecule has 5 nitrogen and oxygen atoms in total. The van der Waals surface area contributed by atoms with E-state index in [0.29, 0.717) is 6.04 Å². The average molecular weight is 296 g/mol. The molecule has 1 N–H and O–H groups in total. The van der Waals surface area contributed by atoms with Gasteiger partial charge in [-0.05, 0) is 25.5 Å². The smallest absolute Gasteiger partial charge is 0.157 e. The number of pyridine rings is 1. The Morgan fingerprint density at radius 1 is 1.45 bits per heavy atom. The summed E-state index contributed by atoms with van der Waals surface area (Å²) in [4.78, 5) is 7.03. The van der Waals surface area contributed by atoms with Crippen molar-refractivity contribution in [3.63, 3.8) is 0 Å². The molecule has 1 aliphatic rings. The van der Waals surface area contributed by atoms with Crippen molar-refractivity contribution in [1.29, 1.82) is 0 Å². The fourth-order valence-corrected chi connectivity index (χ4v) is 2.85. The van der Waals surface area contributed by atoms with E-state index in [1.165, 1.54) is 10.9 Å². The molecule has 0 amide bonds. The van der Waals surface area contributed by atoms with E-state index in [0.717, 1.165) is 37.5 Å². The van der Waals surface area contributed by atoms with Gasteiger partial charge in [-0.3, -0.25) is 9.58 Å². The van der Waals surface area contributed by atoms with Gasteiger partial charge in [0.2, 0.25) is 0 Å². The van der Waals surface area contributed by atoms with E-state index in [9.17, 15) is 0 Å². The fourth-order valence-electron chi connectivity index (χ4n) is 2.85.